The topological polar surface area (TPSA) is 12.0 Å². The number of rotatable bonds is 4. The molecular formula is C11H21NS2. The highest BCUT2D eigenvalue weighted by molar-refractivity contribution is 7.99. The van der Waals surface area contributed by atoms with Gasteiger partial charge >= 0.3 is 0 Å². The molecule has 1 heterocycles. The smallest absolute Gasteiger partial charge is 0.00781 e. The minimum absolute atomic E-state index is 0.832. The Kier molecular flexibility index (Phi) is 4.51. The number of thioether (sulfide) groups is 2. The van der Waals surface area contributed by atoms with Crippen LogP contribution < -0.4 is 5.32 Å². The molecule has 0 amide bonds. The molecule has 1 saturated carbocycles. The summed E-state index contributed by atoms with van der Waals surface area (Å²) in [6, 6.07) is 0.832. The average molecular weight is 231 g/mol. The molecule has 0 aromatic carbocycles. The van der Waals surface area contributed by atoms with Crippen LogP contribution in [0.25, 0.3) is 0 Å². The minimum Gasteiger partial charge on any atom is -0.314 e. The lowest BCUT2D eigenvalue weighted by Crippen LogP contribution is -2.31. The minimum atomic E-state index is 0.832. The van der Waals surface area contributed by atoms with Gasteiger partial charge in [0.05, 0.1) is 0 Å². The van der Waals surface area contributed by atoms with Crippen LogP contribution in [0, 0.1) is 5.92 Å². The van der Waals surface area contributed by atoms with Crippen molar-refractivity contribution in [1.82, 2.24) is 5.32 Å². The zero-order valence-electron chi connectivity index (χ0n) is 9.00. The first-order chi connectivity index (χ1) is 6.88. The molecule has 0 aromatic heterocycles. The van der Waals surface area contributed by atoms with Gasteiger partial charge in [0.15, 0.2) is 0 Å². The van der Waals surface area contributed by atoms with Crippen LogP contribution in [0.2, 0.25) is 0 Å². The quantitative estimate of drug-likeness (QED) is 0.799. The molecule has 82 valence electrons. The van der Waals surface area contributed by atoms with E-state index >= 15 is 0 Å². The van der Waals surface area contributed by atoms with Crippen molar-refractivity contribution in [2.75, 3.05) is 24.3 Å². The van der Waals surface area contributed by atoms with Crippen molar-refractivity contribution in [1.29, 1.82) is 0 Å². The third-order valence-corrected chi connectivity index (χ3v) is 5.76. The first kappa shape index (κ1) is 11.2. The van der Waals surface area contributed by atoms with Crippen molar-refractivity contribution in [2.45, 2.75) is 37.0 Å². The molecule has 0 bridgehead atoms. The summed E-state index contributed by atoms with van der Waals surface area (Å²) in [5.74, 6) is 3.75. The number of hydrogen-bond donors (Lipinski definition) is 1. The van der Waals surface area contributed by atoms with Gasteiger partial charge in [0.2, 0.25) is 0 Å². The summed E-state index contributed by atoms with van der Waals surface area (Å²) in [6.45, 7) is 1.28. The second-order valence-corrected chi connectivity index (χ2v) is 6.79. The van der Waals surface area contributed by atoms with E-state index in [1.54, 1.807) is 0 Å². The Labute approximate surface area is 96.2 Å². The van der Waals surface area contributed by atoms with E-state index in [0.717, 1.165) is 17.2 Å². The van der Waals surface area contributed by atoms with Gasteiger partial charge in [0.1, 0.15) is 0 Å². The van der Waals surface area contributed by atoms with Crippen LogP contribution in [-0.4, -0.2) is 35.6 Å². The van der Waals surface area contributed by atoms with Gasteiger partial charge in [-0.3, -0.25) is 0 Å². The molecule has 1 saturated heterocycles. The normalized spacial score (nSPS) is 37.9. The zero-order valence-corrected chi connectivity index (χ0v) is 10.6. The van der Waals surface area contributed by atoms with Crippen molar-refractivity contribution in [3.05, 3.63) is 0 Å². The highest BCUT2D eigenvalue weighted by atomic mass is 32.2. The maximum atomic E-state index is 3.76. The summed E-state index contributed by atoms with van der Waals surface area (Å²) < 4.78 is 0. The maximum Gasteiger partial charge on any atom is 0.00781 e. The molecule has 14 heavy (non-hydrogen) atoms. The fraction of sp³-hybridized carbons (Fsp3) is 1.00. The summed E-state index contributed by atoms with van der Waals surface area (Å²) in [5.41, 5.74) is 0. The lowest BCUT2D eigenvalue weighted by atomic mass is 10.1. The molecule has 3 unspecified atom stereocenters. The van der Waals surface area contributed by atoms with Crippen molar-refractivity contribution in [2.24, 2.45) is 5.92 Å². The Hall–Kier alpha value is 0.660. The highest BCUT2D eigenvalue weighted by Gasteiger charge is 2.24. The lowest BCUT2D eigenvalue weighted by Gasteiger charge is -2.15. The van der Waals surface area contributed by atoms with Gasteiger partial charge in [0, 0.05) is 11.3 Å². The summed E-state index contributed by atoms with van der Waals surface area (Å²) in [4.78, 5) is 0. The molecule has 1 N–H and O–H groups in total. The Balaban J connectivity index is 1.61. The van der Waals surface area contributed by atoms with E-state index in [0.29, 0.717) is 0 Å². The van der Waals surface area contributed by atoms with Crippen LogP contribution in [0.3, 0.4) is 0 Å². The van der Waals surface area contributed by atoms with Gasteiger partial charge in [-0.05, 0) is 55.9 Å². The van der Waals surface area contributed by atoms with Gasteiger partial charge in [-0.15, -0.1) is 0 Å². The van der Waals surface area contributed by atoms with Gasteiger partial charge in [0.25, 0.3) is 0 Å². The van der Waals surface area contributed by atoms with E-state index in [9.17, 15) is 0 Å². The van der Waals surface area contributed by atoms with Gasteiger partial charge in [-0.2, -0.15) is 23.5 Å². The standard InChI is InChI=1S/C11H21NS2/c1-13-11-3-2-10(6-11)12-7-9-4-5-14-8-9/h9-12H,2-8H2,1H3. The molecule has 0 radical (unpaired) electrons. The first-order valence-electron chi connectivity index (χ1n) is 5.72. The molecule has 2 fully saturated rings. The Morgan fingerprint density at radius 2 is 2.29 bits per heavy atom. The molecule has 1 nitrogen and oxygen atoms in total. The Morgan fingerprint density at radius 1 is 1.36 bits per heavy atom. The first-order valence-corrected chi connectivity index (χ1v) is 8.16. The van der Waals surface area contributed by atoms with Crippen LogP contribution in [0.4, 0.5) is 0 Å². The lowest BCUT2D eigenvalue weighted by molar-refractivity contribution is 0.455. The molecule has 1 aliphatic heterocycles. The third kappa shape index (κ3) is 3.07. The van der Waals surface area contributed by atoms with Crippen LogP contribution >= 0.6 is 23.5 Å². The summed E-state index contributed by atoms with van der Waals surface area (Å²) in [6.07, 6.45) is 7.93. The average Bonchev–Trinajstić information content (AvgIpc) is 2.86. The van der Waals surface area contributed by atoms with Crippen molar-refractivity contribution in [3.63, 3.8) is 0 Å². The van der Waals surface area contributed by atoms with Crippen molar-refractivity contribution in [3.8, 4) is 0 Å². The Morgan fingerprint density at radius 3 is 2.93 bits per heavy atom. The molecule has 0 spiro atoms. The second kappa shape index (κ2) is 5.66. The Bertz CT molecular complexity index is 169. The van der Waals surface area contributed by atoms with E-state index in [4.69, 9.17) is 0 Å². The maximum absolute atomic E-state index is 3.76. The number of nitrogens with one attached hydrogen (secondary N) is 1. The van der Waals surface area contributed by atoms with Crippen LogP contribution in [0.15, 0.2) is 0 Å². The molecular weight excluding hydrogens is 210 g/mol. The summed E-state index contributed by atoms with van der Waals surface area (Å²) in [7, 11) is 0. The molecule has 2 rings (SSSR count). The van der Waals surface area contributed by atoms with Gasteiger partial charge in [-0.25, -0.2) is 0 Å². The van der Waals surface area contributed by atoms with Crippen molar-refractivity contribution < 1.29 is 0 Å². The van der Waals surface area contributed by atoms with Crippen LogP contribution in [-0.2, 0) is 0 Å². The van der Waals surface area contributed by atoms with Crippen LogP contribution in [0.1, 0.15) is 25.7 Å². The molecule has 1 aliphatic carbocycles. The summed E-state index contributed by atoms with van der Waals surface area (Å²) >= 11 is 4.18. The van der Waals surface area contributed by atoms with E-state index in [-0.39, 0.29) is 0 Å². The number of hydrogen-bond acceptors (Lipinski definition) is 3. The van der Waals surface area contributed by atoms with E-state index in [1.165, 1.54) is 43.7 Å². The van der Waals surface area contributed by atoms with Gasteiger partial charge < -0.3 is 5.32 Å². The SMILES string of the molecule is CSC1CCC(NCC2CCSC2)C1. The molecule has 2 aliphatic rings. The second-order valence-electron chi connectivity index (χ2n) is 4.51. The zero-order chi connectivity index (χ0) is 9.80. The third-order valence-electron chi connectivity index (χ3n) is 3.44. The molecule has 3 heteroatoms. The summed E-state index contributed by atoms with van der Waals surface area (Å²) in [5, 5.41) is 4.70. The molecule has 3 atom stereocenters. The monoisotopic (exact) mass is 231 g/mol. The largest absolute Gasteiger partial charge is 0.314 e. The van der Waals surface area contributed by atoms with E-state index in [1.807, 2.05) is 0 Å². The fourth-order valence-corrected chi connectivity index (χ4v) is 4.50. The van der Waals surface area contributed by atoms with Gasteiger partial charge in [-0.1, -0.05) is 0 Å². The predicted molar refractivity (Wildman–Crippen MR) is 68.4 cm³/mol. The molecule has 0 aromatic rings. The van der Waals surface area contributed by atoms with Crippen LogP contribution in [0.5, 0.6) is 0 Å². The van der Waals surface area contributed by atoms with E-state index in [2.05, 4.69) is 35.1 Å². The fourth-order valence-electron chi connectivity index (χ4n) is 2.42. The highest BCUT2D eigenvalue weighted by Crippen LogP contribution is 2.29. The van der Waals surface area contributed by atoms with Crippen molar-refractivity contribution >= 4 is 23.5 Å². The van der Waals surface area contributed by atoms with E-state index < -0.39 is 0 Å². The predicted octanol–water partition coefficient (Wildman–Crippen LogP) is 2.61.